The third-order valence-corrected chi connectivity index (χ3v) is 4.44. The summed E-state index contributed by atoms with van der Waals surface area (Å²) in [6.45, 7) is 18.9. The van der Waals surface area contributed by atoms with Gasteiger partial charge in [0.15, 0.2) is 5.96 Å². The van der Waals surface area contributed by atoms with E-state index >= 15 is 0 Å². The second-order valence-electron chi connectivity index (χ2n) is 6.29. The molecule has 0 saturated heterocycles. The Balaban J connectivity index is 4.31. The van der Waals surface area contributed by atoms with Crippen molar-refractivity contribution in [2.24, 2.45) is 4.99 Å². The highest BCUT2D eigenvalue weighted by Crippen LogP contribution is 2.00. The summed E-state index contributed by atoms with van der Waals surface area (Å²) >= 11 is 0. The maximum Gasteiger partial charge on any atom is 0.224 e. The highest BCUT2D eigenvalue weighted by molar-refractivity contribution is 5.81. The summed E-state index contributed by atoms with van der Waals surface area (Å²) in [5, 5.41) is 6.72. The Bertz CT molecular complexity index is 365. The number of nitrogens with zero attached hydrogens (tertiary/aromatic N) is 3. The topological polar surface area (TPSA) is 60.0 Å². The van der Waals surface area contributed by atoms with Crippen LogP contribution in [0.1, 0.15) is 60.8 Å². The van der Waals surface area contributed by atoms with E-state index < -0.39 is 0 Å². The normalized spacial score (nSPS) is 13.0. The Morgan fingerprint density at radius 3 is 2.20 bits per heavy atom. The first kappa shape index (κ1) is 23.7. The van der Waals surface area contributed by atoms with Crippen LogP contribution in [0.5, 0.6) is 0 Å². The second kappa shape index (κ2) is 15.0. The first-order valence-corrected chi connectivity index (χ1v) is 10.1. The van der Waals surface area contributed by atoms with Crippen LogP contribution in [-0.2, 0) is 4.79 Å². The average Bonchev–Trinajstić information content (AvgIpc) is 2.60. The highest BCUT2D eigenvalue weighted by atomic mass is 16.2. The minimum Gasteiger partial charge on any atom is -0.357 e. The van der Waals surface area contributed by atoms with Crippen LogP contribution >= 0.6 is 0 Å². The Labute approximate surface area is 155 Å². The van der Waals surface area contributed by atoms with E-state index in [-0.39, 0.29) is 5.91 Å². The second-order valence-corrected chi connectivity index (χ2v) is 6.29. The first-order valence-electron chi connectivity index (χ1n) is 10.1. The number of guanidine groups is 1. The van der Waals surface area contributed by atoms with Gasteiger partial charge in [-0.05, 0) is 60.2 Å². The lowest BCUT2D eigenvalue weighted by atomic mass is 10.2. The zero-order chi connectivity index (χ0) is 19.1. The van der Waals surface area contributed by atoms with Crippen LogP contribution in [0.15, 0.2) is 4.99 Å². The number of rotatable bonds is 13. The maximum atomic E-state index is 12.0. The highest BCUT2D eigenvalue weighted by Gasteiger charge is 2.10. The number of hydrogen-bond donors (Lipinski definition) is 2. The molecule has 1 amide bonds. The van der Waals surface area contributed by atoms with E-state index in [2.05, 4.69) is 48.2 Å². The van der Waals surface area contributed by atoms with Crippen molar-refractivity contribution in [2.75, 3.05) is 45.8 Å². The molecule has 0 aromatic heterocycles. The fraction of sp³-hybridized carbons (Fsp3) is 0.895. The molecule has 0 saturated carbocycles. The van der Waals surface area contributed by atoms with Gasteiger partial charge < -0.3 is 20.4 Å². The molecule has 25 heavy (non-hydrogen) atoms. The molecule has 2 N–H and O–H groups in total. The molecule has 0 aliphatic carbocycles. The number of carbonyl (C=O) groups is 1. The summed E-state index contributed by atoms with van der Waals surface area (Å²) in [6.07, 6.45) is 2.75. The van der Waals surface area contributed by atoms with E-state index in [1.165, 1.54) is 6.42 Å². The van der Waals surface area contributed by atoms with Gasteiger partial charge in [0.2, 0.25) is 5.91 Å². The van der Waals surface area contributed by atoms with Crippen molar-refractivity contribution >= 4 is 11.9 Å². The average molecular weight is 356 g/mol. The van der Waals surface area contributed by atoms with Crippen molar-refractivity contribution in [1.82, 2.24) is 20.4 Å². The van der Waals surface area contributed by atoms with Crippen molar-refractivity contribution in [1.29, 1.82) is 0 Å². The minimum absolute atomic E-state index is 0.178. The SMILES string of the molecule is CCNC(=NCCC(=O)N(CC)CC)NC(C)CCCN(CC)CC. The van der Waals surface area contributed by atoms with Gasteiger partial charge in [-0.15, -0.1) is 0 Å². The molecule has 0 aromatic rings. The van der Waals surface area contributed by atoms with Crippen molar-refractivity contribution in [3.8, 4) is 0 Å². The molecule has 148 valence electrons. The molecular formula is C19H41N5O. The largest absolute Gasteiger partial charge is 0.357 e. The third-order valence-electron chi connectivity index (χ3n) is 4.44. The van der Waals surface area contributed by atoms with Gasteiger partial charge in [0.25, 0.3) is 0 Å². The van der Waals surface area contributed by atoms with E-state index in [9.17, 15) is 4.79 Å². The Morgan fingerprint density at radius 1 is 1.04 bits per heavy atom. The van der Waals surface area contributed by atoms with Gasteiger partial charge in [-0.2, -0.15) is 0 Å². The Hall–Kier alpha value is -1.30. The van der Waals surface area contributed by atoms with E-state index in [0.717, 1.165) is 51.6 Å². The van der Waals surface area contributed by atoms with Crippen LogP contribution < -0.4 is 10.6 Å². The first-order chi connectivity index (χ1) is 12.0. The van der Waals surface area contributed by atoms with Crippen LogP contribution in [0.4, 0.5) is 0 Å². The fourth-order valence-corrected chi connectivity index (χ4v) is 2.78. The maximum absolute atomic E-state index is 12.0. The monoisotopic (exact) mass is 355 g/mol. The predicted molar refractivity (Wildman–Crippen MR) is 108 cm³/mol. The molecule has 0 fully saturated rings. The van der Waals surface area contributed by atoms with E-state index in [4.69, 9.17) is 0 Å². The standard InChI is InChI=1S/C19H41N5O/c1-7-20-19(21-15-14-18(25)24(10-4)11-5)22-17(6)13-12-16-23(8-2)9-3/h17H,7-16H2,1-6H3,(H2,20,21,22). The fourth-order valence-electron chi connectivity index (χ4n) is 2.78. The molecule has 1 atom stereocenters. The third kappa shape index (κ3) is 11.0. The van der Waals surface area contributed by atoms with E-state index in [1.807, 2.05) is 18.7 Å². The smallest absolute Gasteiger partial charge is 0.224 e. The van der Waals surface area contributed by atoms with Gasteiger partial charge in [-0.3, -0.25) is 9.79 Å². The summed E-state index contributed by atoms with van der Waals surface area (Å²) in [5.74, 6) is 0.988. The van der Waals surface area contributed by atoms with Gasteiger partial charge in [-0.25, -0.2) is 0 Å². The van der Waals surface area contributed by atoms with Crippen molar-refractivity contribution in [3.05, 3.63) is 0 Å². The number of carbonyl (C=O) groups excluding carboxylic acids is 1. The van der Waals surface area contributed by atoms with Gasteiger partial charge in [0.05, 0.1) is 6.54 Å². The number of hydrogen-bond acceptors (Lipinski definition) is 3. The number of amides is 1. The summed E-state index contributed by atoms with van der Waals surface area (Å²) < 4.78 is 0. The zero-order valence-corrected chi connectivity index (χ0v) is 17.4. The van der Waals surface area contributed by atoms with Crippen LogP contribution in [0.25, 0.3) is 0 Å². The van der Waals surface area contributed by atoms with Crippen LogP contribution in [0, 0.1) is 0 Å². The van der Waals surface area contributed by atoms with Crippen LogP contribution in [-0.4, -0.2) is 73.5 Å². The summed E-state index contributed by atoms with van der Waals surface area (Å²) in [5.41, 5.74) is 0. The minimum atomic E-state index is 0.178. The molecule has 0 heterocycles. The summed E-state index contributed by atoms with van der Waals surface area (Å²) in [4.78, 5) is 20.9. The Kier molecular flexibility index (Phi) is 14.2. The number of aliphatic imine (C=N–C) groups is 1. The molecule has 0 spiro atoms. The lowest BCUT2D eigenvalue weighted by Gasteiger charge is -2.21. The van der Waals surface area contributed by atoms with Gasteiger partial charge in [0, 0.05) is 32.1 Å². The lowest BCUT2D eigenvalue weighted by molar-refractivity contribution is -0.130. The molecule has 0 rings (SSSR count). The molecule has 0 radical (unpaired) electrons. The van der Waals surface area contributed by atoms with Gasteiger partial charge >= 0.3 is 0 Å². The molecule has 0 aliphatic heterocycles. The molecular weight excluding hydrogens is 314 g/mol. The van der Waals surface area contributed by atoms with Crippen molar-refractivity contribution in [2.45, 2.75) is 66.8 Å². The van der Waals surface area contributed by atoms with Crippen LogP contribution in [0.2, 0.25) is 0 Å². The van der Waals surface area contributed by atoms with Crippen LogP contribution in [0.3, 0.4) is 0 Å². The molecule has 0 bridgehead atoms. The molecule has 1 unspecified atom stereocenters. The van der Waals surface area contributed by atoms with Crippen molar-refractivity contribution < 1.29 is 4.79 Å². The Morgan fingerprint density at radius 2 is 1.68 bits per heavy atom. The molecule has 0 aliphatic rings. The predicted octanol–water partition coefficient (Wildman–Crippen LogP) is 2.31. The summed E-state index contributed by atoms with van der Waals surface area (Å²) in [6, 6.07) is 0.367. The van der Waals surface area contributed by atoms with Gasteiger partial charge in [0.1, 0.15) is 0 Å². The lowest BCUT2D eigenvalue weighted by Crippen LogP contribution is -2.42. The van der Waals surface area contributed by atoms with E-state index in [0.29, 0.717) is 19.0 Å². The summed E-state index contributed by atoms with van der Waals surface area (Å²) in [7, 11) is 0. The van der Waals surface area contributed by atoms with E-state index in [1.54, 1.807) is 0 Å². The number of nitrogens with one attached hydrogen (secondary N) is 2. The van der Waals surface area contributed by atoms with Crippen molar-refractivity contribution in [3.63, 3.8) is 0 Å². The molecule has 6 nitrogen and oxygen atoms in total. The quantitative estimate of drug-likeness (QED) is 0.393. The molecule has 6 heteroatoms. The van der Waals surface area contributed by atoms with Gasteiger partial charge in [-0.1, -0.05) is 13.8 Å². The molecule has 0 aromatic carbocycles. The zero-order valence-electron chi connectivity index (χ0n) is 17.4.